The van der Waals surface area contributed by atoms with Gasteiger partial charge in [-0.3, -0.25) is 4.99 Å². The van der Waals surface area contributed by atoms with Gasteiger partial charge >= 0.3 is 0 Å². The van der Waals surface area contributed by atoms with Crippen LogP contribution < -0.4 is 5.32 Å². The molecule has 0 atom stereocenters. The Bertz CT molecular complexity index is 663. The summed E-state index contributed by atoms with van der Waals surface area (Å²) in [6.45, 7) is 7.49. The van der Waals surface area contributed by atoms with E-state index in [2.05, 4.69) is 17.1 Å². The molecule has 0 aromatic heterocycles. The number of benzene rings is 1. The number of hydrogen-bond donors (Lipinski definition) is 1. The smallest absolute Gasteiger partial charge is 0.193 e. The fraction of sp³-hybridized carbons (Fsp3) is 0.682. The second-order valence-corrected chi connectivity index (χ2v) is 8.59. The summed E-state index contributed by atoms with van der Waals surface area (Å²) in [4.78, 5) is 7.55. The van der Waals surface area contributed by atoms with Crippen molar-refractivity contribution in [1.82, 2.24) is 10.2 Å². The molecule has 1 aromatic carbocycles. The first-order valence-electron chi connectivity index (χ1n) is 10.5. The van der Waals surface area contributed by atoms with E-state index >= 15 is 0 Å². The molecule has 5 heteroatoms. The highest BCUT2D eigenvalue weighted by atomic mass is 19.1. The highest BCUT2D eigenvalue weighted by Gasteiger charge is 2.43. The molecule has 0 unspecified atom stereocenters. The highest BCUT2D eigenvalue weighted by molar-refractivity contribution is 5.80. The van der Waals surface area contributed by atoms with Gasteiger partial charge in [-0.25, -0.2) is 4.39 Å². The Hall–Kier alpha value is -1.62. The number of aliphatic imine (C=N–C) groups is 1. The lowest BCUT2D eigenvalue weighted by atomic mass is 9.68. The van der Waals surface area contributed by atoms with Crippen molar-refractivity contribution in [2.75, 3.05) is 39.4 Å². The van der Waals surface area contributed by atoms with E-state index in [0.717, 1.165) is 58.2 Å². The van der Waals surface area contributed by atoms with Gasteiger partial charge in [0.2, 0.25) is 0 Å². The van der Waals surface area contributed by atoms with Crippen molar-refractivity contribution < 1.29 is 9.13 Å². The molecular formula is C22H32FN3O. The van der Waals surface area contributed by atoms with E-state index in [0.29, 0.717) is 5.41 Å². The summed E-state index contributed by atoms with van der Waals surface area (Å²) in [5.74, 6) is 0.870. The van der Waals surface area contributed by atoms with Gasteiger partial charge in [0.25, 0.3) is 0 Å². The highest BCUT2D eigenvalue weighted by Crippen LogP contribution is 2.48. The maximum Gasteiger partial charge on any atom is 0.193 e. The minimum atomic E-state index is -0.180. The van der Waals surface area contributed by atoms with Gasteiger partial charge in [0.1, 0.15) is 5.82 Å². The fourth-order valence-electron chi connectivity index (χ4n) is 4.96. The van der Waals surface area contributed by atoms with Gasteiger partial charge in [0, 0.05) is 38.3 Å². The lowest BCUT2D eigenvalue weighted by molar-refractivity contribution is 0.0530. The molecule has 2 aliphatic heterocycles. The van der Waals surface area contributed by atoms with Crippen LogP contribution in [0.2, 0.25) is 0 Å². The summed E-state index contributed by atoms with van der Waals surface area (Å²) in [5, 5.41) is 3.51. The number of halogens is 1. The number of likely N-dealkylation sites (tertiary alicyclic amines) is 1. The molecule has 0 amide bonds. The minimum Gasteiger partial charge on any atom is -0.381 e. The predicted molar refractivity (Wildman–Crippen MR) is 107 cm³/mol. The second kappa shape index (κ2) is 7.78. The number of guanidine groups is 1. The summed E-state index contributed by atoms with van der Waals surface area (Å²) >= 11 is 0. The van der Waals surface area contributed by atoms with Crippen LogP contribution in [0.4, 0.5) is 4.39 Å². The van der Waals surface area contributed by atoms with Crippen LogP contribution in [0.15, 0.2) is 29.3 Å². The third-order valence-corrected chi connectivity index (χ3v) is 6.92. The van der Waals surface area contributed by atoms with Crippen molar-refractivity contribution in [3.05, 3.63) is 35.6 Å². The van der Waals surface area contributed by atoms with E-state index < -0.39 is 0 Å². The SMILES string of the molecule is CCNC(=NCC1(c2ccc(F)cc2)CCOCC1)N1CCC2(CCC2)C1. The fourth-order valence-corrected chi connectivity index (χ4v) is 4.96. The minimum absolute atomic E-state index is 0.0551. The summed E-state index contributed by atoms with van der Waals surface area (Å²) in [6.07, 6.45) is 7.31. The van der Waals surface area contributed by atoms with Gasteiger partial charge < -0.3 is 15.0 Å². The largest absolute Gasteiger partial charge is 0.381 e. The van der Waals surface area contributed by atoms with E-state index in [1.54, 1.807) is 12.1 Å². The lowest BCUT2D eigenvalue weighted by Crippen LogP contribution is -2.44. The standard InChI is InChI=1S/C22H32FN3O/c1-2-24-20(26-13-10-21(17-26)8-3-9-21)25-16-22(11-14-27-15-12-22)18-4-6-19(23)7-5-18/h4-7H,2-3,8-17H2,1H3,(H,24,25). The topological polar surface area (TPSA) is 36.9 Å². The Morgan fingerprint density at radius 2 is 1.89 bits per heavy atom. The Balaban J connectivity index is 1.54. The third kappa shape index (κ3) is 3.84. The van der Waals surface area contributed by atoms with Crippen molar-refractivity contribution in [3.63, 3.8) is 0 Å². The van der Waals surface area contributed by atoms with Crippen LogP contribution in [0, 0.1) is 11.2 Å². The molecule has 0 bridgehead atoms. The number of hydrogen-bond acceptors (Lipinski definition) is 2. The monoisotopic (exact) mass is 373 g/mol. The molecule has 1 saturated carbocycles. The van der Waals surface area contributed by atoms with E-state index in [-0.39, 0.29) is 11.2 Å². The average molecular weight is 374 g/mol. The van der Waals surface area contributed by atoms with Gasteiger partial charge in [0.15, 0.2) is 5.96 Å². The third-order valence-electron chi connectivity index (χ3n) is 6.92. The molecule has 3 fully saturated rings. The first kappa shape index (κ1) is 18.7. The van der Waals surface area contributed by atoms with Gasteiger partial charge in [-0.2, -0.15) is 0 Å². The lowest BCUT2D eigenvalue weighted by Gasteiger charge is -2.39. The molecular weight excluding hydrogens is 341 g/mol. The summed E-state index contributed by atoms with van der Waals surface area (Å²) < 4.78 is 19.1. The molecule has 0 radical (unpaired) electrons. The molecule has 1 N–H and O–H groups in total. The van der Waals surface area contributed by atoms with Crippen LogP contribution in [0.3, 0.4) is 0 Å². The number of rotatable bonds is 4. The first-order valence-corrected chi connectivity index (χ1v) is 10.5. The molecule has 2 heterocycles. The second-order valence-electron chi connectivity index (χ2n) is 8.59. The number of nitrogens with zero attached hydrogens (tertiary/aromatic N) is 2. The van der Waals surface area contributed by atoms with Gasteiger partial charge in [-0.1, -0.05) is 18.6 Å². The van der Waals surface area contributed by atoms with Crippen LogP contribution in [0.25, 0.3) is 0 Å². The van der Waals surface area contributed by atoms with E-state index in [1.807, 2.05) is 12.1 Å². The zero-order chi connectivity index (χ0) is 18.7. The Kier molecular flexibility index (Phi) is 5.40. The molecule has 4 nitrogen and oxygen atoms in total. The maximum atomic E-state index is 13.4. The molecule has 1 spiro atoms. The number of nitrogens with one attached hydrogen (secondary N) is 1. The molecule has 1 aliphatic carbocycles. The average Bonchev–Trinajstić information content (AvgIpc) is 3.13. The zero-order valence-electron chi connectivity index (χ0n) is 16.5. The van der Waals surface area contributed by atoms with Crippen LogP contribution >= 0.6 is 0 Å². The molecule has 4 rings (SSSR count). The van der Waals surface area contributed by atoms with E-state index in [9.17, 15) is 4.39 Å². The molecule has 3 aliphatic rings. The van der Waals surface area contributed by atoms with E-state index in [4.69, 9.17) is 9.73 Å². The maximum absolute atomic E-state index is 13.4. The number of ether oxygens (including phenoxy) is 1. The van der Waals surface area contributed by atoms with Crippen LogP contribution in [-0.2, 0) is 10.2 Å². The summed E-state index contributed by atoms with van der Waals surface area (Å²) in [7, 11) is 0. The molecule has 1 aromatic rings. The van der Waals surface area contributed by atoms with Crippen molar-refractivity contribution in [2.45, 2.75) is 50.9 Å². The first-order chi connectivity index (χ1) is 13.1. The van der Waals surface area contributed by atoms with Crippen molar-refractivity contribution in [3.8, 4) is 0 Å². The Morgan fingerprint density at radius 1 is 1.15 bits per heavy atom. The zero-order valence-corrected chi connectivity index (χ0v) is 16.5. The predicted octanol–water partition coefficient (Wildman–Crippen LogP) is 3.72. The Labute approximate surface area is 162 Å². The van der Waals surface area contributed by atoms with Crippen LogP contribution in [-0.4, -0.2) is 50.3 Å². The molecule has 148 valence electrons. The summed E-state index contributed by atoms with van der Waals surface area (Å²) in [5.41, 5.74) is 1.69. The van der Waals surface area contributed by atoms with Crippen molar-refractivity contribution >= 4 is 5.96 Å². The molecule has 2 saturated heterocycles. The van der Waals surface area contributed by atoms with Gasteiger partial charge in [-0.05, 0) is 62.1 Å². The van der Waals surface area contributed by atoms with Gasteiger partial charge in [0.05, 0.1) is 6.54 Å². The molecule has 27 heavy (non-hydrogen) atoms. The van der Waals surface area contributed by atoms with Crippen molar-refractivity contribution in [1.29, 1.82) is 0 Å². The van der Waals surface area contributed by atoms with Crippen LogP contribution in [0.1, 0.15) is 51.0 Å². The quantitative estimate of drug-likeness (QED) is 0.646. The normalized spacial score (nSPS) is 24.1. The van der Waals surface area contributed by atoms with Crippen molar-refractivity contribution in [2.24, 2.45) is 10.4 Å². The summed E-state index contributed by atoms with van der Waals surface area (Å²) in [6, 6.07) is 7.01. The van der Waals surface area contributed by atoms with E-state index in [1.165, 1.54) is 31.2 Å². The van der Waals surface area contributed by atoms with Crippen LogP contribution in [0.5, 0.6) is 0 Å². The van der Waals surface area contributed by atoms with Gasteiger partial charge in [-0.15, -0.1) is 0 Å². The Morgan fingerprint density at radius 3 is 2.48 bits per heavy atom.